The summed E-state index contributed by atoms with van der Waals surface area (Å²) in [6.45, 7) is 8.09. The first kappa shape index (κ1) is 19.1. The third-order valence-electron chi connectivity index (χ3n) is 4.03. The van der Waals surface area contributed by atoms with Crippen LogP contribution in [0.5, 0.6) is 0 Å². The molecule has 120 valence electrons. The Hall–Kier alpha value is -0.269. The maximum Gasteiger partial charge on any atom is 0.344 e. The van der Waals surface area contributed by atoms with Crippen LogP contribution >= 0.6 is 44.3 Å². The van der Waals surface area contributed by atoms with Crippen molar-refractivity contribution in [1.29, 1.82) is 0 Å². The lowest BCUT2D eigenvalue weighted by molar-refractivity contribution is 1.72. The molecule has 0 aromatic heterocycles. The first-order chi connectivity index (χ1) is 10.8. The van der Waals surface area contributed by atoms with Gasteiger partial charge < -0.3 is 0 Å². The van der Waals surface area contributed by atoms with Crippen LogP contribution in [0.2, 0.25) is 0 Å². The van der Waals surface area contributed by atoms with Crippen LogP contribution in [0.4, 0.5) is 0 Å². The second-order valence-electron chi connectivity index (χ2n) is 5.16. The fourth-order valence-electron chi connectivity index (χ4n) is 2.87. The summed E-state index contributed by atoms with van der Waals surface area (Å²) in [6, 6.07) is 20.1. The Labute approximate surface area is 158 Å². The van der Waals surface area contributed by atoms with Crippen LogP contribution in [0.25, 0.3) is 0 Å². The normalized spacial score (nSPS) is 14.8. The molecule has 0 nitrogen and oxygen atoms in total. The van der Waals surface area contributed by atoms with Gasteiger partial charge in [-0.05, 0) is 0 Å². The van der Waals surface area contributed by atoms with E-state index >= 15 is 0 Å². The molecule has 2 rings (SSSR count). The Morgan fingerprint density at radius 3 is 1.30 bits per heavy atom. The molecule has 0 aliphatic rings. The summed E-state index contributed by atoms with van der Waals surface area (Å²) >= 11 is 26.7. The van der Waals surface area contributed by atoms with Gasteiger partial charge in [-0.3, -0.25) is 0 Å². The highest BCUT2D eigenvalue weighted by Crippen LogP contribution is 2.41. The van der Waals surface area contributed by atoms with Crippen molar-refractivity contribution < 1.29 is 0 Å². The van der Waals surface area contributed by atoms with Gasteiger partial charge in [0.1, 0.15) is 0 Å². The van der Waals surface area contributed by atoms with Gasteiger partial charge in [-0.2, -0.15) is 11.1 Å². The van der Waals surface area contributed by atoms with Gasteiger partial charge in [0.2, 0.25) is 6.42 Å². The van der Waals surface area contributed by atoms with Gasteiger partial charge >= 0.3 is 5.52 Å². The second kappa shape index (κ2) is 7.32. The zero-order valence-corrected chi connectivity index (χ0v) is 18.4. The van der Waals surface area contributed by atoms with Gasteiger partial charge in [0.15, 0.2) is 7.59 Å². The molecule has 0 heterocycles. The van der Waals surface area contributed by atoms with Crippen molar-refractivity contribution in [2.24, 2.45) is 0 Å². The van der Waals surface area contributed by atoms with E-state index in [4.69, 9.17) is 44.3 Å². The summed E-state index contributed by atoms with van der Waals surface area (Å²) in [4.78, 5) is 0. The third-order valence-corrected chi connectivity index (χ3v) is 46.7. The summed E-state index contributed by atoms with van der Waals surface area (Å²) in [6.07, 6.45) is -2.99. The van der Waals surface area contributed by atoms with Crippen LogP contribution in [0.15, 0.2) is 85.2 Å². The van der Waals surface area contributed by atoms with Crippen LogP contribution in [-0.4, -0.2) is 19.5 Å². The molecule has 0 saturated carbocycles. The Kier molecular flexibility index (Phi) is 6.06. The average molecular weight is 434 g/mol. The van der Waals surface area contributed by atoms with Crippen molar-refractivity contribution in [3.05, 3.63) is 85.2 Å². The molecular weight excluding hydrogens is 418 g/mol. The largest absolute Gasteiger partial charge is 0.344 e. The molecule has 1 atom stereocenters. The SMILES string of the molecule is C=C[Si](c1ccccc1)(c1ccccc1)[Si](Cl)(C=C)[Si](Cl)(Cl)Cl. The number of hydrogen-bond acceptors (Lipinski definition) is 0. The summed E-state index contributed by atoms with van der Waals surface area (Å²) in [5.41, 5.74) is 0.450. The summed E-state index contributed by atoms with van der Waals surface area (Å²) in [5, 5.41) is 2.20. The van der Waals surface area contributed by atoms with Crippen molar-refractivity contribution in [1.82, 2.24) is 0 Å². The molecule has 0 amide bonds. The van der Waals surface area contributed by atoms with Crippen LogP contribution in [0, 0.1) is 0 Å². The van der Waals surface area contributed by atoms with E-state index in [2.05, 4.69) is 37.4 Å². The third kappa shape index (κ3) is 3.16. The van der Waals surface area contributed by atoms with E-state index in [1.807, 2.05) is 42.1 Å². The maximum absolute atomic E-state index is 7.17. The molecule has 2 aromatic carbocycles. The first-order valence-electron chi connectivity index (χ1n) is 6.97. The van der Waals surface area contributed by atoms with Gasteiger partial charge in [0.25, 0.3) is 0 Å². The summed E-state index contributed by atoms with van der Waals surface area (Å²) < 4.78 is 0. The van der Waals surface area contributed by atoms with Crippen molar-refractivity contribution in [3.63, 3.8) is 0 Å². The Bertz CT molecular complexity index is 646. The fraction of sp³-hybridized carbons (Fsp3) is 0. The molecule has 0 fully saturated rings. The molecule has 1 unspecified atom stereocenters. The number of rotatable bonds is 6. The molecular formula is C16H16Cl4Si3. The topological polar surface area (TPSA) is 0 Å². The average Bonchev–Trinajstić information content (AvgIpc) is 2.56. The Morgan fingerprint density at radius 1 is 0.652 bits per heavy atom. The second-order valence-corrected chi connectivity index (χ2v) is 35.4. The highest BCUT2D eigenvalue weighted by atomic mass is 35.9. The van der Waals surface area contributed by atoms with Gasteiger partial charge in [-0.1, -0.05) is 82.4 Å². The minimum absolute atomic E-state index is 1.10. The lowest BCUT2D eigenvalue weighted by Gasteiger charge is -2.43. The van der Waals surface area contributed by atoms with E-state index in [-0.39, 0.29) is 0 Å². The van der Waals surface area contributed by atoms with E-state index in [9.17, 15) is 0 Å². The Balaban J connectivity index is 2.90. The van der Waals surface area contributed by atoms with Crippen molar-refractivity contribution in [2.45, 2.75) is 0 Å². The molecule has 7 heteroatoms. The van der Waals surface area contributed by atoms with Crippen molar-refractivity contribution in [3.8, 4) is 0 Å². The minimum atomic E-state index is -3.24. The van der Waals surface area contributed by atoms with Gasteiger partial charge in [-0.25, -0.2) is 0 Å². The summed E-state index contributed by atoms with van der Waals surface area (Å²) in [7, 11) is -2.69. The van der Waals surface area contributed by atoms with Crippen molar-refractivity contribution in [2.75, 3.05) is 0 Å². The lowest BCUT2D eigenvalue weighted by atomic mass is 10.4. The monoisotopic (exact) mass is 432 g/mol. The van der Waals surface area contributed by atoms with E-state index < -0.39 is 19.5 Å². The predicted octanol–water partition coefficient (Wildman–Crippen LogP) is 4.70. The van der Waals surface area contributed by atoms with Crippen molar-refractivity contribution >= 4 is 74.2 Å². The molecule has 0 aliphatic carbocycles. The van der Waals surface area contributed by atoms with Crippen LogP contribution < -0.4 is 10.4 Å². The van der Waals surface area contributed by atoms with Gasteiger partial charge in [0, 0.05) is 0 Å². The molecule has 0 aliphatic heterocycles. The number of benzene rings is 2. The molecule has 0 spiro atoms. The molecule has 0 radical (unpaired) electrons. The highest BCUT2D eigenvalue weighted by Gasteiger charge is 2.66. The van der Waals surface area contributed by atoms with Gasteiger partial charge in [-0.15, -0.1) is 46.4 Å². The maximum atomic E-state index is 7.17. The number of hydrogen-bond donors (Lipinski definition) is 0. The van der Waals surface area contributed by atoms with E-state index in [0.29, 0.717) is 0 Å². The zero-order valence-electron chi connectivity index (χ0n) is 12.4. The predicted molar refractivity (Wildman–Crippen MR) is 113 cm³/mol. The van der Waals surface area contributed by atoms with E-state index in [1.165, 1.54) is 0 Å². The van der Waals surface area contributed by atoms with Crippen LogP contribution in [0.1, 0.15) is 0 Å². The van der Waals surface area contributed by atoms with E-state index in [1.54, 1.807) is 5.70 Å². The van der Waals surface area contributed by atoms with Crippen LogP contribution in [-0.2, 0) is 0 Å². The molecule has 0 bridgehead atoms. The van der Waals surface area contributed by atoms with E-state index in [0.717, 1.165) is 10.4 Å². The molecule has 2 aromatic rings. The number of halogens is 4. The summed E-state index contributed by atoms with van der Waals surface area (Å²) in [5.74, 6) is 0. The fourth-order valence-corrected chi connectivity index (χ4v) is 39.0. The lowest BCUT2D eigenvalue weighted by Crippen LogP contribution is -2.79. The zero-order chi connectivity index (χ0) is 17.1. The molecule has 0 saturated heterocycles. The smallest absolute Gasteiger partial charge is 0.163 e. The molecule has 23 heavy (non-hydrogen) atoms. The Morgan fingerprint density at radius 2 is 1.04 bits per heavy atom. The van der Waals surface area contributed by atoms with Crippen LogP contribution in [0.3, 0.4) is 0 Å². The molecule has 0 N–H and O–H groups in total. The standard InChI is InChI=1S/C16H16Cl4Si3/c1-3-21(15-11-7-5-8-12-15,16-13-9-6-10-14-16)22(17,4-2)23(18,19)20/h3-14H,1-2H2. The van der Waals surface area contributed by atoms with Gasteiger partial charge in [0.05, 0.1) is 0 Å². The highest BCUT2D eigenvalue weighted by molar-refractivity contribution is 8.09. The quantitative estimate of drug-likeness (QED) is 0.457. The minimum Gasteiger partial charge on any atom is -0.163 e. The first-order valence-corrected chi connectivity index (χ1v) is 19.2.